The molecule has 1 amide bonds. The van der Waals surface area contributed by atoms with Gasteiger partial charge in [0.05, 0.1) is 6.42 Å². The van der Waals surface area contributed by atoms with Gasteiger partial charge in [-0.3, -0.25) is 4.79 Å². The molecule has 0 saturated heterocycles. The third-order valence-corrected chi connectivity index (χ3v) is 4.49. The number of amides is 1. The summed E-state index contributed by atoms with van der Waals surface area (Å²) in [6, 6.07) is 17.9. The van der Waals surface area contributed by atoms with Crippen molar-refractivity contribution in [1.29, 1.82) is 0 Å². The number of aromatic nitrogens is 1. The lowest BCUT2D eigenvalue weighted by Gasteiger charge is -2.04. The van der Waals surface area contributed by atoms with Crippen LogP contribution in [0.4, 0.5) is 0 Å². The smallest absolute Gasteiger partial charge is 0.226 e. The van der Waals surface area contributed by atoms with Gasteiger partial charge in [0.2, 0.25) is 5.91 Å². The lowest BCUT2D eigenvalue weighted by atomic mass is 10.2. The number of para-hydroxylation sites is 1. The summed E-state index contributed by atoms with van der Waals surface area (Å²) in [6.45, 7) is 0.659. The summed E-state index contributed by atoms with van der Waals surface area (Å²) < 4.78 is 5.21. The topological polar surface area (TPSA) is 55.1 Å². The van der Waals surface area contributed by atoms with Crippen molar-refractivity contribution in [3.05, 3.63) is 65.9 Å². The van der Waals surface area contributed by atoms with Crippen LogP contribution in [0.25, 0.3) is 11.0 Å². The zero-order valence-electron chi connectivity index (χ0n) is 12.7. The van der Waals surface area contributed by atoms with Crippen LogP contribution in [0.3, 0.4) is 0 Å². The maximum Gasteiger partial charge on any atom is 0.226 e. The molecule has 1 aromatic heterocycles. The highest BCUT2D eigenvalue weighted by atomic mass is 32.2. The molecule has 0 aliphatic rings. The molecule has 3 rings (SSSR count). The molecule has 118 valence electrons. The van der Waals surface area contributed by atoms with E-state index < -0.39 is 0 Å². The molecule has 0 fully saturated rings. The monoisotopic (exact) mass is 326 g/mol. The number of thioether (sulfide) groups is 1. The van der Waals surface area contributed by atoms with Gasteiger partial charge in [0.15, 0.2) is 5.58 Å². The van der Waals surface area contributed by atoms with Crippen molar-refractivity contribution in [2.24, 2.45) is 0 Å². The van der Waals surface area contributed by atoms with E-state index >= 15 is 0 Å². The van der Waals surface area contributed by atoms with E-state index in [2.05, 4.69) is 22.6 Å². The van der Waals surface area contributed by atoms with Crippen LogP contribution < -0.4 is 5.32 Å². The molecule has 23 heavy (non-hydrogen) atoms. The molecule has 0 unspecified atom stereocenters. The Morgan fingerprint density at radius 1 is 1.09 bits per heavy atom. The first kappa shape index (κ1) is 15.6. The van der Waals surface area contributed by atoms with E-state index in [4.69, 9.17) is 4.52 Å². The number of benzene rings is 2. The van der Waals surface area contributed by atoms with Crippen LogP contribution in [0.5, 0.6) is 0 Å². The van der Waals surface area contributed by atoms with Gasteiger partial charge >= 0.3 is 0 Å². The Morgan fingerprint density at radius 2 is 1.87 bits per heavy atom. The van der Waals surface area contributed by atoms with Gasteiger partial charge in [-0.1, -0.05) is 47.6 Å². The number of fused-ring (bicyclic) bond motifs is 1. The largest absolute Gasteiger partial charge is 0.356 e. The summed E-state index contributed by atoms with van der Waals surface area (Å²) in [5.74, 6) is 1.83. The SMILES string of the molecule is O=C(Cc1noc2ccccc12)NCCSCc1ccccc1. The van der Waals surface area contributed by atoms with E-state index in [9.17, 15) is 4.79 Å². The molecule has 1 N–H and O–H groups in total. The maximum atomic E-state index is 12.0. The average Bonchev–Trinajstić information content (AvgIpc) is 2.99. The third kappa shape index (κ3) is 4.36. The minimum Gasteiger partial charge on any atom is -0.356 e. The standard InChI is InChI=1S/C18H18N2O2S/c21-18(12-16-15-8-4-5-9-17(15)22-20-16)19-10-11-23-13-14-6-2-1-3-7-14/h1-9H,10-13H2,(H,19,21). The fraction of sp³-hybridized carbons (Fsp3) is 0.222. The van der Waals surface area contributed by atoms with Crippen molar-refractivity contribution in [3.63, 3.8) is 0 Å². The summed E-state index contributed by atoms with van der Waals surface area (Å²) >= 11 is 1.81. The summed E-state index contributed by atoms with van der Waals surface area (Å²) in [5, 5.41) is 7.81. The number of rotatable bonds is 7. The predicted molar refractivity (Wildman–Crippen MR) is 93.3 cm³/mol. The second-order valence-corrected chi connectivity index (χ2v) is 6.30. The maximum absolute atomic E-state index is 12.0. The van der Waals surface area contributed by atoms with Crippen molar-refractivity contribution in [1.82, 2.24) is 10.5 Å². The van der Waals surface area contributed by atoms with Gasteiger partial charge in [0.1, 0.15) is 5.69 Å². The summed E-state index contributed by atoms with van der Waals surface area (Å²) in [6.07, 6.45) is 0.250. The second kappa shape index (κ2) is 7.83. The molecular weight excluding hydrogens is 308 g/mol. The second-order valence-electron chi connectivity index (χ2n) is 5.19. The van der Waals surface area contributed by atoms with E-state index in [0.29, 0.717) is 17.8 Å². The number of carbonyl (C=O) groups is 1. The number of hydrogen-bond donors (Lipinski definition) is 1. The molecule has 0 atom stereocenters. The number of hydrogen-bond acceptors (Lipinski definition) is 4. The van der Waals surface area contributed by atoms with Crippen LogP contribution >= 0.6 is 11.8 Å². The molecule has 4 nitrogen and oxygen atoms in total. The van der Waals surface area contributed by atoms with Gasteiger partial charge in [-0.05, 0) is 17.7 Å². The molecule has 0 aliphatic carbocycles. The van der Waals surface area contributed by atoms with Crippen LogP contribution in [0.15, 0.2) is 59.1 Å². The van der Waals surface area contributed by atoms with E-state index in [-0.39, 0.29) is 12.3 Å². The van der Waals surface area contributed by atoms with Gasteiger partial charge in [-0.2, -0.15) is 11.8 Å². The Balaban J connectivity index is 1.40. The van der Waals surface area contributed by atoms with Crippen molar-refractivity contribution < 1.29 is 9.32 Å². The summed E-state index contributed by atoms with van der Waals surface area (Å²) in [7, 11) is 0. The Morgan fingerprint density at radius 3 is 2.74 bits per heavy atom. The minimum absolute atomic E-state index is 0.0237. The van der Waals surface area contributed by atoms with Crippen LogP contribution in [0.1, 0.15) is 11.3 Å². The quantitative estimate of drug-likeness (QED) is 0.676. The molecule has 1 heterocycles. The van der Waals surface area contributed by atoms with Crippen LogP contribution in [-0.4, -0.2) is 23.4 Å². The van der Waals surface area contributed by atoms with Crippen LogP contribution in [0, 0.1) is 0 Å². The van der Waals surface area contributed by atoms with Crippen LogP contribution in [-0.2, 0) is 17.0 Å². The first-order valence-electron chi connectivity index (χ1n) is 7.54. The molecular formula is C18H18N2O2S. The van der Waals surface area contributed by atoms with E-state index in [1.165, 1.54) is 5.56 Å². The zero-order valence-corrected chi connectivity index (χ0v) is 13.5. The fourth-order valence-corrected chi connectivity index (χ4v) is 3.13. The van der Waals surface area contributed by atoms with E-state index in [1.807, 2.05) is 54.2 Å². The Kier molecular flexibility index (Phi) is 5.32. The normalized spacial score (nSPS) is 10.8. The van der Waals surface area contributed by atoms with Gasteiger partial charge in [-0.15, -0.1) is 0 Å². The molecule has 2 aromatic carbocycles. The molecule has 0 spiro atoms. The predicted octanol–water partition coefficient (Wildman–Crippen LogP) is 3.42. The van der Waals surface area contributed by atoms with E-state index in [0.717, 1.165) is 16.9 Å². The van der Waals surface area contributed by atoms with Crippen LogP contribution in [0.2, 0.25) is 0 Å². The van der Waals surface area contributed by atoms with Gasteiger partial charge < -0.3 is 9.84 Å². The minimum atomic E-state index is -0.0237. The zero-order chi connectivity index (χ0) is 15.9. The molecule has 3 aromatic rings. The Hall–Kier alpha value is -2.27. The molecule has 0 saturated carbocycles. The van der Waals surface area contributed by atoms with Crippen molar-refractivity contribution in [2.45, 2.75) is 12.2 Å². The van der Waals surface area contributed by atoms with Gasteiger partial charge in [0.25, 0.3) is 0 Å². The Labute approximate surface area is 139 Å². The highest BCUT2D eigenvalue weighted by Crippen LogP contribution is 2.18. The number of nitrogens with one attached hydrogen (secondary N) is 1. The average molecular weight is 326 g/mol. The van der Waals surface area contributed by atoms with Gasteiger partial charge in [-0.25, -0.2) is 0 Å². The Bertz CT molecular complexity index is 771. The number of nitrogens with zero attached hydrogens (tertiary/aromatic N) is 1. The van der Waals surface area contributed by atoms with Crippen molar-refractivity contribution >= 4 is 28.6 Å². The highest BCUT2D eigenvalue weighted by molar-refractivity contribution is 7.98. The molecule has 0 aliphatic heterocycles. The molecule has 0 bridgehead atoms. The summed E-state index contributed by atoms with van der Waals surface area (Å²) in [5.41, 5.74) is 2.71. The van der Waals surface area contributed by atoms with Crippen molar-refractivity contribution in [2.75, 3.05) is 12.3 Å². The summed E-state index contributed by atoms with van der Waals surface area (Å²) in [4.78, 5) is 12.0. The lowest BCUT2D eigenvalue weighted by molar-refractivity contribution is -0.120. The number of carbonyl (C=O) groups excluding carboxylic acids is 1. The fourth-order valence-electron chi connectivity index (χ4n) is 2.31. The van der Waals surface area contributed by atoms with E-state index in [1.54, 1.807) is 0 Å². The molecule has 0 radical (unpaired) electrons. The molecule has 5 heteroatoms. The lowest BCUT2D eigenvalue weighted by Crippen LogP contribution is -2.27. The van der Waals surface area contributed by atoms with Gasteiger partial charge in [0, 0.05) is 23.4 Å². The highest BCUT2D eigenvalue weighted by Gasteiger charge is 2.11. The van der Waals surface area contributed by atoms with Crippen molar-refractivity contribution in [3.8, 4) is 0 Å². The first-order valence-corrected chi connectivity index (χ1v) is 8.70. The first-order chi connectivity index (χ1) is 11.3. The third-order valence-electron chi connectivity index (χ3n) is 3.46.